The summed E-state index contributed by atoms with van der Waals surface area (Å²) in [4.78, 5) is 11.4. The normalized spacial score (nSPS) is 13.6. The van der Waals surface area contributed by atoms with E-state index >= 15 is 0 Å². The predicted octanol–water partition coefficient (Wildman–Crippen LogP) is 2.02. The molecule has 1 atom stereocenters. The zero-order valence-corrected chi connectivity index (χ0v) is 15.7. The van der Waals surface area contributed by atoms with Crippen LogP contribution in [0.4, 0.5) is 5.69 Å². The van der Waals surface area contributed by atoms with E-state index < -0.39 is 6.10 Å². The van der Waals surface area contributed by atoms with E-state index in [2.05, 4.69) is 10.6 Å². The summed E-state index contributed by atoms with van der Waals surface area (Å²) in [6.45, 7) is 0.869. The molecule has 3 rings (SSSR count). The fourth-order valence-electron chi connectivity index (χ4n) is 2.83. The van der Waals surface area contributed by atoms with E-state index in [0.29, 0.717) is 30.1 Å². The Balaban J connectivity index is 0.00000261. The first kappa shape index (κ1) is 20.8. The molecule has 8 heteroatoms. The largest absolute Gasteiger partial charge is 0.508 e. The summed E-state index contributed by atoms with van der Waals surface area (Å²) in [5.74, 6) is 0.882. The quantitative estimate of drug-likeness (QED) is 0.536. The highest BCUT2D eigenvalue weighted by Crippen LogP contribution is 2.38. The van der Waals surface area contributed by atoms with Crippen LogP contribution in [0.3, 0.4) is 0 Å². The van der Waals surface area contributed by atoms with Gasteiger partial charge in [0.2, 0.25) is 0 Å². The average molecular weight is 395 g/mol. The number of anilines is 1. The number of aliphatic hydroxyl groups is 1. The molecule has 0 aliphatic carbocycles. The minimum Gasteiger partial charge on any atom is -0.508 e. The average Bonchev–Trinajstić information content (AvgIpc) is 2.64. The number of ether oxygens (including phenoxy) is 2. The number of halogens is 1. The highest BCUT2D eigenvalue weighted by Gasteiger charge is 2.24. The van der Waals surface area contributed by atoms with Crippen molar-refractivity contribution in [2.75, 3.05) is 32.1 Å². The number of rotatable bonds is 7. The molecule has 1 unspecified atom stereocenters. The molecule has 1 amide bonds. The van der Waals surface area contributed by atoms with E-state index in [1.165, 1.54) is 12.1 Å². The molecular weight excluding hydrogens is 372 g/mol. The molecule has 7 nitrogen and oxygen atoms in total. The summed E-state index contributed by atoms with van der Waals surface area (Å²) in [6.07, 6.45) is -0.0664. The summed E-state index contributed by atoms with van der Waals surface area (Å²) in [7, 11) is 1.63. The van der Waals surface area contributed by atoms with Crippen molar-refractivity contribution in [3.05, 3.63) is 47.5 Å². The maximum absolute atomic E-state index is 11.4. The highest BCUT2D eigenvalue weighted by atomic mass is 35.5. The lowest BCUT2D eigenvalue weighted by Crippen LogP contribution is -2.28. The van der Waals surface area contributed by atoms with Gasteiger partial charge in [-0.05, 0) is 36.7 Å². The van der Waals surface area contributed by atoms with Crippen molar-refractivity contribution in [1.29, 1.82) is 0 Å². The third-order valence-electron chi connectivity index (χ3n) is 4.17. The number of methoxy groups -OCH3 is 1. The number of phenols is 1. The van der Waals surface area contributed by atoms with Crippen LogP contribution in [0.5, 0.6) is 17.2 Å². The second-order valence-corrected chi connectivity index (χ2v) is 6.07. The van der Waals surface area contributed by atoms with E-state index in [4.69, 9.17) is 9.47 Å². The lowest BCUT2D eigenvalue weighted by molar-refractivity contribution is -0.118. The number of carbonyl (C=O) groups is 1. The van der Waals surface area contributed by atoms with Crippen LogP contribution in [0.15, 0.2) is 36.4 Å². The zero-order chi connectivity index (χ0) is 18.5. The SMILES string of the molecule is COc1ccc(CCNCC(O)c2cc(O)cc3c2OCC(=O)N3)cc1.Cl. The van der Waals surface area contributed by atoms with Gasteiger partial charge in [-0.1, -0.05) is 12.1 Å². The molecule has 1 aliphatic rings. The molecule has 0 saturated carbocycles. The topological polar surface area (TPSA) is 100 Å². The second-order valence-electron chi connectivity index (χ2n) is 6.07. The summed E-state index contributed by atoms with van der Waals surface area (Å²) in [5, 5.41) is 26.1. The number of phenolic OH excluding ortho intramolecular Hbond substituents is 1. The van der Waals surface area contributed by atoms with E-state index in [1.54, 1.807) is 7.11 Å². The first-order chi connectivity index (χ1) is 12.6. The number of hydrogen-bond acceptors (Lipinski definition) is 6. The maximum atomic E-state index is 11.4. The molecule has 0 radical (unpaired) electrons. The molecule has 2 aromatic carbocycles. The molecule has 1 heterocycles. The minimum atomic E-state index is -0.873. The van der Waals surface area contributed by atoms with Gasteiger partial charge in [-0.15, -0.1) is 12.4 Å². The first-order valence-corrected chi connectivity index (χ1v) is 8.38. The number of fused-ring (bicyclic) bond motifs is 1. The van der Waals surface area contributed by atoms with Gasteiger partial charge < -0.3 is 30.3 Å². The third-order valence-corrected chi connectivity index (χ3v) is 4.17. The van der Waals surface area contributed by atoms with Gasteiger partial charge in [0.1, 0.15) is 17.2 Å². The van der Waals surface area contributed by atoms with Crippen LogP contribution in [0, 0.1) is 0 Å². The van der Waals surface area contributed by atoms with Crippen LogP contribution in [-0.4, -0.2) is 42.9 Å². The van der Waals surface area contributed by atoms with E-state index in [9.17, 15) is 15.0 Å². The Morgan fingerprint density at radius 3 is 2.74 bits per heavy atom. The fourth-order valence-corrected chi connectivity index (χ4v) is 2.83. The second kappa shape index (κ2) is 9.45. The van der Waals surface area contributed by atoms with Gasteiger partial charge in [0.05, 0.1) is 18.9 Å². The van der Waals surface area contributed by atoms with Crippen molar-refractivity contribution in [2.45, 2.75) is 12.5 Å². The molecule has 0 fully saturated rings. The predicted molar refractivity (Wildman–Crippen MR) is 104 cm³/mol. The summed E-state index contributed by atoms with van der Waals surface area (Å²) in [5.41, 5.74) is 1.97. The maximum Gasteiger partial charge on any atom is 0.262 e. The van der Waals surface area contributed by atoms with Crippen LogP contribution in [-0.2, 0) is 11.2 Å². The van der Waals surface area contributed by atoms with E-state index in [-0.39, 0.29) is 30.7 Å². The standard InChI is InChI=1S/C19H22N2O5.ClH/c1-25-14-4-2-12(3-5-14)6-7-20-10-17(23)15-8-13(22)9-16-19(15)26-11-18(24)21-16;/h2-5,8-9,17,20,22-23H,6-7,10-11H2,1H3,(H,21,24);1H. The first-order valence-electron chi connectivity index (χ1n) is 8.38. The minimum absolute atomic E-state index is 0. The molecule has 27 heavy (non-hydrogen) atoms. The lowest BCUT2D eigenvalue weighted by Gasteiger charge is -2.23. The van der Waals surface area contributed by atoms with Crippen molar-refractivity contribution in [3.63, 3.8) is 0 Å². The van der Waals surface area contributed by atoms with Crippen molar-refractivity contribution in [1.82, 2.24) is 5.32 Å². The van der Waals surface area contributed by atoms with Crippen LogP contribution in [0.2, 0.25) is 0 Å². The van der Waals surface area contributed by atoms with Crippen molar-refractivity contribution in [2.24, 2.45) is 0 Å². The van der Waals surface area contributed by atoms with Gasteiger partial charge >= 0.3 is 0 Å². The molecule has 0 spiro atoms. The molecule has 0 aromatic heterocycles. The van der Waals surface area contributed by atoms with Gasteiger partial charge in [0.15, 0.2) is 6.61 Å². The number of nitrogens with one attached hydrogen (secondary N) is 2. The van der Waals surface area contributed by atoms with Crippen LogP contribution < -0.4 is 20.1 Å². The Labute approximate surface area is 163 Å². The van der Waals surface area contributed by atoms with Crippen molar-refractivity contribution in [3.8, 4) is 17.2 Å². The molecule has 1 aliphatic heterocycles. The Morgan fingerprint density at radius 2 is 2.04 bits per heavy atom. The van der Waals surface area contributed by atoms with Crippen molar-refractivity contribution < 1.29 is 24.5 Å². The van der Waals surface area contributed by atoms with E-state index in [1.807, 2.05) is 24.3 Å². The number of hydrogen-bond donors (Lipinski definition) is 4. The summed E-state index contributed by atoms with van der Waals surface area (Å²) >= 11 is 0. The number of aromatic hydroxyl groups is 1. The monoisotopic (exact) mass is 394 g/mol. The number of amides is 1. The van der Waals surface area contributed by atoms with Gasteiger partial charge in [-0.3, -0.25) is 4.79 Å². The third kappa shape index (κ3) is 5.26. The molecular formula is C19H23ClN2O5. The van der Waals surface area contributed by atoms with E-state index in [0.717, 1.165) is 17.7 Å². The molecule has 0 bridgehead atoms. The molecule has 2 aromatic rings. The Morgan fingerprint density at radius 1 is 1.30 bits per heavy atom. The molecule has 146 valence electrons. The molecule has 0 saturated heterocycles. The summed E-state index contributed by atoms with van der Waals surface area (Å²) < 4.78 is 10.5. The molecule has 4 N–H and O–H groups in total. The van der Waals surface area contributed by atoms with Gasteiger partial charge in [-0.25, -0.2) is 0 Å². The van der Waals surface area contributed by atoms with Crippen LogP contribution in [0.25, 0.3) is 0 Å². The number of benzene rings is 2. The van der Waals surface area contributed by atoms with Crippen LogP contribution >= 0.6 is 12.4 Å². The summed E-state index contributed by atoms with van der Waals surface area (Å²) in [6, 6.07) is 10.7. The highest BCUT2D eigenvalue weighted by molar-refractivity contribution is 5.96. The van der Waals surface area contributed by atoms with Gasteiger partial charge in [-0.2, -0.15) is 0 Å². The Bertz CT molecular complexity index is 782. The lowest BCUT2D eigenvalue weighted by atomic mass is 10.0. The van der Waals surface area contributed by atoms with Gasteiger partial charge in [0, 0.05) is 18.2 Å². The smallest absolute Gasteiger partial charge is 0.262 e. The van der Waals surface area contributed by atoms with Crippen LogP contribution in [0.1, 0.15) is 17.2 Å². The van der Waals surface area contributed by atoms with Crippen molar-refractivity contribution >= 4 is 24.0 Å². The Kier molecular flexibility index (Phi) is 7.29. The number of aliphatic hydroxyl groups excluding tert-OH is 1. The Hall–Kier alpha value is -2.48. The number of carbonyl (C=O) groups excluding carboxylic acids is 1. The van der Waals surface area contributed by atoms with Gasteiger partial charge in [0.25, 0.3) is 5.91 Å². The zero-order valence-electron chi connectivity index (χ0n) is 14.9. The fraction of sp³-hybridized carbons (Fsp3) is 0.316.